The highest BCUT2D eigenvalue weighted by molar-refractivity contribution is 8.03. The lowest BCUT2D eigenvalue weighted by Crippen LogP contribution is -2.63. The van der Waals surface area contributed by atoms with Crippen molar-refractivity contribution in [3.63, 3.8) is 0 Å². The number of sulfonamides is 1. The molecule has 0 aromatic rings. The molecule has 190 valence electrons. The van der Waals surface area contributed by atoms with Crippen LogP contribution in [0.2, 0.25) is 0 Å². The molecule has 0 radical (unpaired) electrons. The van der Waals surface area contributed by atoms with E-state index >= 15 is 0 Å². The van der Waals surface area contributed by atoms with Crippen LogP contribution < -0.4 is 10.6 Å². The molecule has 4 aliphatic rings. The van der Waals surface area contributed by atoms with E-state index in [1.54, 1.807) is 6.92 Å². The zero-order valence-corrected chi connectivity index (χ0v) is 20.9. The zero-order valence-electron chi connectivity index (χ0n) is 19.3. The third kappa shape index (κ3) is 4.60. The summed E-state index contributed by atoms with van der Waals surface area (Å²) in [6.07, 6.45) is 1.33. The van der Waals surface area contributed by atoms with E-state index in [9.17, 15) is 33.0 Å². The molecule has 0 spiro atoms. The predicted octanol–water partition coefficient (Wildman–Crippen LogP) is -0.854. The molecule has 11 nitrogen and oxygen atoms in total. The Bertz CT molecular complexity index is 993. The molecule has 13 heteroatoms. The van der Waals surface area contributed by atoms with Gasteiger partial charge in [0.05, 0.1) is 29.9 Å². The van der Waals surface area contributed by atoms with Gasteiger partial charge in [0.1, 0.15) is 5.70 Å². The Morgan fingerprint density at radius 3 is 2.59 bits per heavy atom. The lowest BCUT2D eigenvalue weighted by Gasteiger charge is -2.46. The Balaban J connectivity index is 1.32. The van der Waals surface area contributed by atoms with Gasteiger partial charge in [0.25, 0.3) is 0 Å². The third-order valence-corrected chi connectivity index (χ3v) is 10.5. The van der Waals surface area contributed by atoms with E-state index in [1.165, 1.54) is 21.0 Å². The number of aliphatic hydroxyl groups excluding tert-OH is 1. The first kappa shape index (κ1) is 25.4. The fraction of sp³-hybridized carbons (Fsp3) is 0.762. The maximum absolute atomic E-state index is 12.6. The van der Waals surface area contributed by atoms with Crippen LogP contribution in [-0.2, 0) is 24.4 Å². The normalized spacial score (nSPS) is 32.6. The van der Waals surface area contributed by atoms with E-state index in [-0.39, 0.29) is 47.0 Å². The summed E-state index contributed by atoms with van der Waals surface area (Å²) in [5, 5.41) is 25.5. The molecule has 3 saturated heterocycles. The number of rotatable bonds is 9. The molecule has 4 aliphatic heterocycles. The first-order valence-corrected chi connectivity index (χ1v) is 14.2. The SMILES string of the molecule is C[C@@H](O)[C@H]1C(=O)N2C(C(=O)O)=C(S[C@@H]3CN[C@H](C(=O)NCCS(=O)(=O)N4CCCC4)C3)[C@H](C)[C@H]12. The van der Waals surface area contributed by atoms with E-state index in [2.05, 4.69) is 10.6 Å². The van der Waals surface area contributed by atoms with Crippen molar-refractivity contribution in [1.29, 1.82) is 0 Å². The highest BCUT2D eigenvalue weighted by atomic mass is 32.2. The first-order valence-electron chi connectivity index (χ1n) is 11.7. The van der Waals surface area contributed by atoms with Crippen molar-refractivity contribution in [3.8, 4) is 0 Å². The fourth-order valence-corrected chi connectivity index (χ4v) is 8.28. The summed E-state index contributed by atoms with van der Waals surface area (Å²) in [5.41, 5.74) is -0.0237. The van der Waals surface area contributed by atoms with Crippen LogP contribution in [0.4, 0.5) is 0 Å². The molecule has 0 unspecified atom stereocenters. The fourth-order valence-electron chi connectivity index (χ4n) is 5.37. The van der Waals surface area contributed by atoms with Crippen LogP contribution in [0.5, 0.6) is 0 Å². The Morgan fingerprint density at radius 2 is 1.97 bits per heavy atom. The summed E-state index contributed by atoms with van der Waals surface area (Å²) < 4.78 is 26.1. The minimum atomic E-state index is -3.36. The smallest absolute Gasteiger partial charge is 0.353 e. The number of aliphatic hydroxyl groups is 1. The Labute approximate surface area is 203 Å². The summed E-state index contributed by atoms with van der Waals surface area (Å²) in [7, 11) is -3.36. The Hall–Kier alpha value is -1.67. The second-order valence-corrected chi connectivity index (χ2v) is 12.9. The molecule has 0 bridgehead atoms. The van der Waals surface area contributed by atoms with E-state index in [4.69, 9.17) is 0 Å². The van der Waals surface area contributed by atoms with E-state index in [0.717, 1.165) is 12.8 Å². The van der Waals surface area contributed by atoms with Crippen LogP contribution in [0, 0.1) is 11.8 Å². The summed E-state index contributed by atoms with van der Waals surface area (Å²) in [5.74, 6) is -2.79. The zero-order chi connectivity index (χ0) is 24.8. The largest absolute Gasteiger partial charge is 0.477 e. The van der Waals surface area contributed by atoms with Crippen molar-refractivity contribution in [2.45, 2.75) is 56.5 Å². The second-order valence-electron chi connectivity index (χ2n) is 9.42. The Kier molecular flexibility index (Phi) is 7.30. The number of nitrogens with zero attached hydrogens (tertiary/aromatic N) is 2. The maximum atomic E-state index is 12.6. The number of hydrogen-bond acceptors (Lipinski definition) is 8. The van der Waals surface area contributed by atoms with Crippen molar-refractivity contribution >= 4 is 39.6 Å². The molecule has 0 aromatic carbocycles. The lowest BCUT2D eigenvalue weighted by atomic mass is 9.79. The summed E-state index contributed by atoms with van der Waals surface area (Å²) in [4.78, 5) is 38.9. The number of amides is 2. The molecule has 4 heterocycles. The molecule has 4 rings (SSSR count). The average Bonchev–Trinajstić information content (AvgIpc) is 3.49. The lowest BCUT2D eigenvalue weighted by molar-refractivity contribution is -0.163. The third-order valence-electron chi connectivity index (χ3n) is 7.13. The van der Waals surface area contributed by atoms with Crippen molar-refractivity contribution < 1.29 is 33.0 Å². The monoisotopic (exact) mass is 516 g/mol. The van der Waals surface area contributed by atoms with Crippen LogP contribution in [-0.4, -0.2) is 101 Å². The van der Waals surface area contributed by atoms with Crippen molar-refractivity contribution in [2.75, 3.05) is 31.9 Å². The van der Waals surface area contributed by atoms with Gasteiger partial charge in [-0.1, -0.05) is 6.92 Å². The molecule has 6 atom stereocenters. The number of aliphatic carboxylic acids is 1. The van der Waals surface area contributed by atoms with Gasteiger partial charge in [0.2, 0.25) is 21.8 Å². The number of nitrogens with one attached hydrogen (secondary N) is 2. The highest BCUT2D eigenvalue weighted by Crippen LogP contribution is 2.51. The summed E-state index contributed by atoms with van der Waals surface area (Å²) in [6.45, 7) is 5.00. The molecule has 4 N–H and O–H groups in total. The molecule has 0 saturated carbocycles. The minimum Gasteiger partial charge on any atom is -0.477 e. The van der Waals surface area contributed by atoms with Gasteiger partial charge in [-0.05, 0) is 26.2 Å². The van der Waals surface area contributed by atoms with Gasteiger partial charge in [0.15, 0.2) is 0 Å². The standard InChI is InChI=1S/C21H32N4O7S2/c1-11-16-15(12(2)26)20(28)25(16)17(21(29)30)18(11)33-13-9-14(23-10-13)19(27)22-5-8-34(31,32)24-6-3-4-7-24/h11-16,23,26H,3-10H2,1-2H3,(H,22,27)(H,29,30)/t11-,12-,13+,14+,15-,16-/m1/s1. The van der Waals surface area contributed by atoms with Crippen LogP contribution in [0.25, 0.3) is 0 Å². The number of fused-ring (bicyclic) bond motifs is 1. The number of carbonyl (C=O) groups excluding carboxylic acids is 2. The predicted molar refractivity (Wildman–Crippen MR) is 125 cm³/mol. The molecule has 2 amide bonds. The van der Waals surface area contributed by atoms with Gasteiger partial charge < -0.3 is 25.7 Å². The molecule has 34 heavy (non-hydrogen) atoms. The summed E-state index contributed by atoms with van der Waals surface area (Å²) in [6, 6.07) is -0.867. The molecular weight excluding hydrogens is 484 g/mol. The van der Waals surface area contributed by atoms with Gasteiger partial charge in [-0.25, -0.2) is 17.5 Å². The van der Waals surface area contributed by atoms with Crippen LogP contribution in [0.1, 0.15) is 33.1 Å². The van der Waals surface area contributed by atoms with Crippen LogP contribution in [0.15, 0.2) is 10.6 Å². The van der Waals surface area contributed by atoms with Crippen LogP contribution >= 0.6 is 11.8 Å². The van der Waals surface area contributed by atoms with Crippen molar-refractivity contribution in [1.82, 2.24) is 19.8 Å². The van der Waals surface area contributed by atoms with Gasteiger partial charge >= 0.3 is 5.97 Å². The first-order chi connectivity index (χ1) is 16.0. The number of thioether (sulfide) groups is 1. The number of carboxylic acids is 1. The van der Waals surface area contributed by atoms with E-state index < -0.39 is 34.1 Å². The average molecular weight is 517 g/mol. The van der Waals surface area contributed by atoms with Crippen molar-refractivity contribution in [3.05, 3.63) is 10.6 Å². The number of carbonyl (C=O) groups is 3. The van der Waals surface area contributed by atoms with Gasteiger partial charge in [-0.2, -0.15) is 0 Å². The molecular formula is C21H32N4O7S2. The number of hydrogen-bond donors (Lipinski definition) is 4. The number of β-lactam (4-membered cyclic amide) rings is 1. The topological polar surface area (TPSA) is 156 Å². The summed E-state index contributed by atoms with van der Waals surface area (Å²) >= 11 is 1.37. The van der Waals surface area contributed by atoms with Gasteiger partial charge in [-0.15, -0.1) is 11.8 Å². The van der Waals surface area contributed by atoms with Crippen LogP contribution in [0.3, 0.4) is 0 Å². The quantitative estimate of drug-likeness (QED) is 0.287. The van der Waals surface area contributed by atoms with Gasteiger partial charge in [-0.3, -0.25) is 9.59 Å². The second kappa shape index (κ2) is 9.76. The van der Waals surface area contributed by atoms with E-state index in [0.29, 0.717) is 31.0 Å². The molecule has 0 aromatic heterocycles. The molecule has 0 aliphatic carbocycles. The minimum absolute atomic E-state index is 0.0237. The van der Waals surface area contributed by atoms with Crippen molar-refractivity contribution in [2.24, 2.45) is 11.8 Å². The van der Waals surface area contributed by atoms with E-state index in [1.807, 2.05) is 6.92 Å². The highest BCUT2D eigenvalue weighted by Gasteiger charge is 2.60. The maximum Gasteiger partial charge on any atom is 0.353 e. The Morgan fingerprint density at radius 1 is 1.29 bits per heavy atom. The number of carboxylic acid groups (broad SMARTS) is 1. The molecule has 3 fully saturated rings. The van der Waals surface area contributed by atoms with Gasteiger partial charge in [0, 0.05) is 42.3 Å².